The van der Waals surface area contributed by atoms with E-state index in [4.69, 9.17) is 4.74 Å². The molecule has 128 valence electrons. The monoisotopic (exact) mass is 328 g/mol. The highest BCUT2D eigenvalue weighted by atomic mass is 19.1. The van der Waals surface area contributed by atoms with Crippen molar-refractivity contribution in [1.29, 1.82) is 0 Å². The Kier molecular flexibility index (Phi) is 5.96. The van der Waals surface area contributed by atoms with Gasteiger partial charge in [0.1, 0.15) is 0 Å². The third-order valence-electron chi connectivity index (χ3n) is 4.16. The quantitative estimate of drug-likeness (QED) is 0.569. The molecule has 24 heavy (non-hydrogen) atoms. The number of ether oxygens (including phenoxy) is 1. The molecule has 0 aromatic heterocycles. The van der Waals surface area contributed by atoms with E-state index in [1.165, 1.54) is 18.7 Å². The second-order valence-electron chi connectivity index (χ2n) is 6.03. The van der Waals surface area contributed by atoms with Crippen LogP contribution in [0, 0.1) is 19.7 Å². The number of halogens is 1. The average molecular weight is 328 g/mol. The summed E-state index contributed by atoms with van der Waals surface area (Å²) in [5.74, 6) is -0.0513. The van der Waals surface area contributed by atoms with Gasteiger partial charge in [0, 0.05) is 13.6 Å². The van der Waals surface area contributed by atoms with Gasteiger partial charge >= 0.3 is 0 Å². The van der Waals surface area contributed by atoms with Crippen LogP contribution in [-0.2, 0) is 6.42 Å². The molecule has 0 aliphatic rings. The van der Waals surface area contributed by atoms with E-state index in [0.717, 1.165) is 28.9 Å². The molecule has 2 rings (SSSR count). The first-order chi connectivity index (χ1) is 11.4. The van der Waals surface area contributed by atoms with Crippen molar-refractivity contribution >= 4 is 12.0 Å². The van der Waals surface area contributed by atoms with Gasteiger partial charge in [0.2, 0.25) is 0 Å². The summed E-state index contributed by atoms with van der Waals surface area (Å²) in [6, 6.07) is 9.33. The number of nitrogens with zero attached hydrogens (tertiary/aromatic N) is 2. The summed E-state index contributed by atoms with van der Waals surface area (Å²) in [4.78, 5) is 6.58. The van der Waals surface area contributed by atoms with Crippen LogP contribution in [0.2, 0.25) is 0 Å². The minimum atomic E-state index is -0.326. The maximum absolute atomic E-state index is 13.9. The molecule has 0 radical (unpaired) electrons. The van der Waals surface area contributed by atoms with Gasteiger partial charge in [-0.15, -0.1) is 0 Å². The second-order valence-corrected chi connectivity index (χ2v) is 6.03. The van der Waals surface area contributed by atoms with Crippen LogP contribution in [0.25, 0.3) is 0 Å². The first-order valence-corrected chi connectivity index (χ1v) is 8.11. The van der Waals surface area contributed by atoms with E-state index in [0.29, 0.717) is 6.42 Å². The number of hydrogen-bond donors (Lipinski definition) is 0. The molecule has 4 heteroatoms. The van der Waals surface area contributed by atoms with Crippen molar-refractivity contribution in [2.45, 2.75) is 27.2 Å². The van der Waals surface area contributed by atoms with Gasteiger partial charge in [-0.05, 0) is 67.6 Å². The zero-order valence-electron chi connectivity index (χ0n) is 15.1. The van der Waals surface area contributed by atoms with Crippen LogP contribution < -0.4 is 4.74 Å². The number of methoxy groups -OCH3 is 1. The van der Waals surface area contributed by atoms with E-state index in [1.54, 1.807) is 6.07 Å². The Morgan fingerprint density at radius 2 is 1.92 bits per heavy atom. The standard InChI is InChI=1S/C20H25FN2O/c1-6-23(4)13-22-19-10-14(2)17(9-15(19)3)11-16-7-8-20(24-5)18(21)12-16/h7-10,12-13H,6,11H2,1-5H3. The molecule has 0 unspecified atom stereocenters. The molecule has 2 aromatic rings. The van der Waals surface area contributed by atoms with Gasteiger partial charge < -0.3 is 9.64 Å². The highest BCUT2D eigenvalue weighted by molar-refractivity contribution is 5.64. The van der Waals surface area contributed by atoms with Crippen molar-refractivity contribution in [2.24, 2.45) is 4.99 Å². The topological polar surface area (TPSA) is 24.8 Å². The first-order valence-electron chi connectivity index (χ1n) is 8.11. The predicted octanol–water partition coefficient (Wildman–Crippen LogP) is 4.65. The van der Waals surface area contributed by atoms with E-state index in [1.807, 2.05) is 24.4 Å². The number of rotatable bonds is 6. The van der Waals surface area contributed by atoms with Crippen molar-refractivity contribution in [3.63, 3.8) is 0 Å². The Bertz CT molecular complexity index is 741. The minimum Gasteiger partial charge on any atom is -0.494 e. The van der Waals surface area contributed by atoms with Crippen molar-refractivity contribution < 1.29 is 9.13 Å². The molecule has 0 spiro atoms. The van der Waals surface area contributed by atoms with Crippen molar-refractivity contribution in [3.8, 4) is 5.75 Å². The summed E-state index contributed by atoms with van der Waals surface area (Å²) in [7, 11) is 3.47. The fourth-order valence-electron chi connectivity index (χ4n) is 2.47. The molecule has 0 amide bonds. The molecular formula is C20H25FN2O. The Balaban J connectivity index is 2.24. The number of benzene rings is 2. The van der Waals surface area contributed by atoms with Crippen LogP contribution >= 0.6 is 0 Å². The normalized spacial score (nSPS) is 11.1. The summed E-state index contributed by atoms with van der Waals surface area (Å²) in [5.41, 5.74) is 5.35. The maximum atomic E-state index is 13.9. The highest BCUT2D eigenvalue weighted by Gasteiger charge is 2.08. The van der Waals surface area contributed by atoms with Crippen LogP contribution in [0.1, 0.15) is 29.2 Å². The maximum Gasteiger partial charge on any atom is 0.165 e. The molecule has 0 fully saturated rings. The fourth-order valence-corrected chi connectivity index (χ4v) is 2.47. The fraction of sp³-hybridized carbons (Fsp3) is 0.350. The lowest BCUT2D eigenvalue weighted by atomic mass is 9.97. The lowest BCUT2D eigenvalue weighted by Crippen LogP contribution is -2.14. The number of aryl methyl sites for hydroxylation is 2. The Morgan fingerprint density at radius 3 is 2.54 bits per heavy atom. The predicted molar refractivity (Wildman–Crippen MR) is 98.1 cm³/mol. The molecule has 0 saturated carbocycles. The van der Waals surface area contributed by atoms with Crippen LogP contribution in [0.3, 0.4) is 0 Å². The minimum absolute atomic E-state index is 0.274. The second kappa shape index (κ2) is 7.95. The molecule has 0 saturated heterocycles. The van der Waals surface area contributed by atoms with E-state index in [9.17, 15) is 4.39 Å². The molecule has 2 aromatic carbocycles. The van der Waals surface area contributed by atoms with Gasteiger partial charge in [0.15, 0.2) is 11.6 Å². The molecular weight excluding hydrogens is 303 g/mol. The SMILES string of the molecule is CCN(C)C=Nc1cc(C)c(Cc2ccc(OC)c(F)c2)cc1C. The molecule has 0 aliphatic carbocycles. The summed E-state index contributed by atoms with van der Waals surface area (Å²) in [6.07, 6.45) is 2.53. The van der Waals surface area contributed by atoms with Gasteiger partial charge in [-0.2, -0.15) is 0 Å². The van der Waals surface area contributed by atoms with Crippen LogP contribution in [0.4, 0.5) is 10.1 Å². The first kappa shape index (κ1) is 18.0. The zero-order chi connectivity index (χ0) is 17.7. The summed E-state index contributed by atoms with van der Waals surface area (Å²) < 4.78 is 18.8. The van der Waals surface area contributed by atoms with E-state index < -0.39 is 0 Å². The Labute approximate surface area is 143 Å². The Hall–Kier alpha value is -2.36. The Morgan fingerprint density at radius 1 is 1.17 bits per heavy atom. The molecule has 0 heterocycles. The van der Waals surface area contributed by atoms with Gasteiger partial charge in [-0.25, -0.2) is 9.38 Å². The smallest absolute Gasteiger partial charge is 0.165 e. The van der Waals surface area contributed by atoms with E-state index in [-0.39, 0.29) is 11.6 Å². The highest BCUT2D eigenvalue weighted by Crippen LogP contribution is 2.26. The largest absolute Gasteiger partial charge is 0.494 e. The third kappa shape index (κ3) is 4.34. The van der Waals surface area contributed by atoms with Gasteiger partial charge in [0.25, 0.3) is 0 Å². The van der Waals surface area contributed by atoms with Crippen LogP contribution in [0.5, 0.6) is 5.75 Å². The summed E-state index contributed by atoms with van der Waals surface area (Å²) in [6.45, 7) is 7.12. The summed E-state index contributed by atoms with van der Waals surface area (Å²) >= 11 is 0. The van der Waals surface area contributed by atoms with Crippen LogP contribution in [-0.4, -0.2) is 31.9 Å². The molecule has 3 nitrogen and oxygen atoms in total. The number of hydrogen-bond acceptors (Lipinski definition) is 2. The lowest BCUT2D eigenvalue weighted by Gasteiger charge is -2.12. The average Bonchev–Trinajstić information content (AvgIpc) is 2.56. The summed E-state index contributed by atoms with van der Waals surface area (Å²) in [5, 5.41) is 0. The van der Waals surface area contributed by atoms with E-state index >= 15 is 0 Å². The molecule has 0 atom stereocenters. The molecule has 0 bridgehead atoms. The van der Waals surface area contributed by atoms with Crippen molar-refractivity contribution in [3.05, 3.63) is 58.4 Å². The van der Waals surface area contributed by atoms with E-state index in [2.05, 4.69) is 37.9 Å². The zero-order valence-corrected chi connectivity index (χ0v) is 15.1. The molecule has 0 N–H and O–H groups in total. The molecule has 0 aliphatic heterocycles. The lowest BCUT2D eigenvalue weighted by molar-refractivity contribution is 0.386. The number of aliphatic imine (C=N–C) groups is 1. The van der Waals surface area contributed by atoms with Crippen molar-refractivity contribution in [1.82, 2.24) is 4.90 Å². The third-order valence-corrected chi connectivity index (χ3v) is 4.16. The van der Waals surface area contributed by atoms with Gasteiger partial charge in [-0.1, -0.05) is 12.1 Å². The van der Waals surface area contributed by atoms with Crippen LogP contribution in [0.15, 0.2) is 35.3 Å². The van der Waals surface area contributed by atoms with Gasteiger partial charge in [-0.3, -0.25) is 0 Å². The van der Waals surface area contributed by atoms with Crippen molar-refractivity contribution in [2.75, 3.05) is 20.7 Å². The van der Waals surface area contributed by atoms with Gasteiger partial charge in [0.05, 0.1) is 19.1 Å².